The Morgan fingerprint density at radius 2 is 1.80 bits per heavy atom. The molecule has 1 N–H and O–H groups in total. The SMILES string of the molecule is Cc1c(Cl)cccc1S(=O)(=O)NCc1ccc(F)cc1. The molecule has 2 aromatic carbocycles. The number of benzene rings is 2. The molecule has 0 amide bonds. The number of halogens is 2. The number of sulfonamides is 1. The third-order valence-electron chi connectivity index (χ3n) is 2.89. The highest BCUT2D eigenvalue weighted by atomic mass is 35.5. The van der Waals surface area contributed by atoms with E-state index in [2.05, 4.69) is 4.72 Å². The first-order valence-corrected chi connectivity index (χ1v) is 7.75. The molecule has 0 spiro atoms. The van der Waals surface area contributed by atoms with E-state index >= 15 is 0 Å². The smallest absolute Gasteiger partial charge is 0.207 e. The van der Waals surface area contributed by atoms with Gasteiger partial charge in [0.25, 0.3) is 0 Å². The Balaban J connectivity index is 2.19. The Kier molecular flexibility index (Phi) is 4.42. The molecule has 2 rings (SSSR count). The quantitative estimate of drug-likeness (QED) is 0.941. The van der Waals surface area contributed by atoms with E-state index in [9.17, 15) is 12.8 Å². The van der Waals surface area contributed by atoms with Crippen molar-refractivity contribution >= 4 is 21.6 Å². The van der Waals surface area contributed by atoms with Crippen molar-refractivity contribution in [2.24, 2.45) is 0 Å². The van der Waals surface area contributed by atoms with E-state index < -0.39 is 10.0 Å². The fraction of sp³-hybridized carbons (Fsp3) is 0.143. The Bertz CT molecular complexity index is 714. The van der Waals surface area contributed by atoms with Gasteiger partial charge in [0, 0.05) is 11.6 Å². The van der Waals surface area contributed by atoms with E-state index in [-0.39, 0.29) is 17.3 Å². The van der Waals surface area contributed by atoms with Gasteiger partial charge in [-0.25, -0.2) is 17.5 Å². The zero-order chi connectivity index (χ0) is 14.8. The second-order valence-electron chi connectivity index (χ2n) is 4.31. The van der Waals surface area contributed by atoms with E-state index in [4.69, 9.17) is 11.6 Å². The molecule has 106 valence electrons. The van der Waals surface area contributed by atoms with E-state index in [0.717, 1.165) is 0 Å². The van der Waals surface area contributed by atoms with Crippen molar-refractivity contribution in [2.75, 3.05) is 0 Å². The van der Waals surface area contributed by atoms with E-state index in [0.29, 0.717) is 16.1 Å². The number of hydrogen-bond acceptors (Lipinski definition) is 2. The zero-order valence-electron chi connectivity index (χ0n) is 10.7. The highest BCUT2D eigenvalue weighted by Crippen LogP contribution is 2.22. The van der Waals surface area contributed by atoms with Crippen LogP contribution in [-0.4, -0.2) is 8.42 Å². The first-order chi connectivity index (χ1) is 9.40. The van der Waals surface area contributed by atoms with Crippen molar-refractivity contribution in [3.05, 3.63) is 64.4 Å². The lowest BCUT2D eigenvalue weighted by atomic mass is 10.2. The van der Waals surface area contributed by atoms with Crippen LogP contribution < -0.4 is 4.72 Å². The standard InChI is InChI=1S/C14H13ClFNO2S/c1-10-13(15)3-2-4-14(10)20(18,19)17-9-11-5-7-12(16)8-6-11/h2-8,17H,9H2,1H3. The zero-order valence-corrected chi connectivity index (χ0v) is 12.3. The molecule has 2 aromatic rings. The van der Waals surface area contributed by atoms with Crippen molar-refractivity contribution in [3.8, 4) is 0 Å². The van der Waals surface area contributed by atoms with Crippen LogP contribution in [0, 0.1) is 12.7 Å². The van der Waals surface area contributed by atoms with Crippen molar-refractivity contribution < 1.29 is 12.8 Å². The van der Waals surface area contributed by atoms with Crippen LogP contribution in [-0.2, 0) is 16.6 Å². The molecule has 3 nitrogen and oxygen atoms in total. The third-order valence-corrected chi connectivity index (χ3v) is 4.84. The highest BCUT2D eigenvalue weighted by Gasteiger charge is 2.17. The summed E-state index contributed by atoms with van der Waals surface area (Å²) in [4.78, 5) is 0.145. The molecule has 0 aliphatic carbocycles. The predicted octanol–water partition coefficient (Wildman–Crippen LogP) is 3.27. The summed E-state index contributed by atoms with van der Waals surface area (Å²) >= 11 is 5.92. The lowest BCUT2D eigenvalue weighted by Gasteiger charge is -2.10. The molecular formula is C14H13ClFNO2S. The average molecular weight is 314 g/mol. The average Bonchev–Trinajstić information content (AvgIpc) is 2.41. The second kappa shape index (κ2) is 5.91. The van der Waals surface area contributed by atoms with Crippen LogP contribution in [0.2, 0.25) is 5.02 Å². The molecule has 0 bridgehead atoms. The number of hydrogen-bond donors (Lipinski definition) is 1. The van der Waals surface area contributed by atoms with Crippen LogP contribution in [0.3, 0.4) is 0 Å². The van der Waals surface area contributed by atoms with Gasteiger partial charge in [0.1, 0.15) is 5.82 Å². The topological polar surface area (TPSA) is 46.2 Å². The van der Waals surface area contributed by atoms with Gasteiger partial charge in [-0.2, -0.15) is 0 Å². The normalized spacial score (nSPS) is 11.6. The molecule has 0 aliphatic rings. The lowest BCUT2D eigenvalue weighted by Crippen LogP contribution is -2.24. The van der Waals surface area contributed by atoms with Gasteiger partial charge in [0.2, 0.25) is 10.0 Å². The molecule has 0 aliphatic heterocycles. The number of nitrogens with one attached hydrogen (secondary N) is 1. The van der Waals surface area contributed by atoms with Crippen LogP contribution in [0.25, 0.3) is 0 Å². The molecule has 0 fully saturated rings. The van der Waals surface area contributed by atoms with Crippen LogP contribution in [0.4, 0.5) is 4.39 Å². The van der Waals surface area contributed by atoms with Gasteiger partial charge in [-0.15, -0.1) is 0 Å². The van der Waals surface area contributed by atoms with Crippen LogP contribution in [0.15, 0.2) is 47.4 Å². The monoisotopic (exact) mass is 313 g/mol. The second-order valence-corrected chi connectivity index (χ2v) is 6.46. The minimum atomic E-state index is -3.65. The summed E-state index contributed by atoms with van der Waals surface area (Å²) in [6, 6.07) is 10.3. The maximum atomic E-state index is 12.8. The van der Waals surface area contributed by atoms with E-state index in [1.165, 1.54) is 30.3 Å². The van der Waals surface area contributed by atoms with Gasteiger partial charge >= 0.3 is 0 Å². The fourth-order valence-electron chi connectivity index (χ4n) is 1.74. The van der Waals surface area contributed by atoms with Gasteiger partial charge in [0.15, 0.2) is 0 Å². The summed E-state index contributed by atoms with van der Waals surface area (Å²) < 4.78 is 39.6. The Morgan fingerprint density at radius 3 is 2.45 bits per heavy atom. The molecule has 0 saturated carbocycles. The fourth-order valence-corrected chi connectivity index (χ4v) is 3.25. The minimum Gasteiger partial charge on any atom is -0.207 e. The summed E-state index contributed by atoms with van der Waals surface area (Å²) in [5, 5.41) is 0.398. The molecule has 0 aromatic heterocycles. The van der Waals surface area contributed by atoms with Gasteiger partial charge in [-0.05, 0) is 42.3 Å². The number of rotatable bonds is 4. The van der Waals surface area contributed by atoms with Crippen molar-refractivity contribution in [1.82, 2.24) is 4.72 Å². The molecule has 6 heteroatoms. The maximum Gasteiger partial charge on any atom is 0.241 e. The molecule has 0 heterocycles. The lowest BCUT2D eigenvalue weighted by molar-refractivity contribution is 0.580. The summed E-state index contributed by atoms with van der Waals surface area (Å²) in [5.74, 6) is -0.359. The Hall–Kier alpha value is -1.43. The Labute approximate surface area is 122 Å². The van der Waals surface area contributed by atoms with Gasteiger partial charge in [-0.1, -0.05) is 29.8 Å². The van der Waals surface area contributed by atoms with Crippen LogP contribution >= 0.6 is 11.6 Å². The maximum absolute atomic E-state index is 12.8. The molecule has 0 radical (unpaired) electrons. The molecular weight excluding hydrogens is 301 g/mol. The summed E-state index contributed by atoms with van der Waals surface area (Å²) in [7, 11) is -3.65. The Morgan fingerprint density at radius 1 is 1.15 bits per heavy atom. The van der Waals surface area contributed by atoms with Gasteiger partial charge in [-0.3, -0.25) is 0 Å². The summed E-state index contributed by atoms with van der Waals surface area (Å²) in [6.45, 7) is 1.74. The van der Waals surface area contributed by atoms with Crippen LogP contribution in [0.5, 0.6) is 0 Å². The van der Waals surface area contributed by atoms with Gasteiger partial charge in [0.05, 0.1) is 4.90 Å². The van der Waals surface area contributed by atoms with Gasteiger partial charge < -0.3 is 0 Å². The minimum absolute atomic E-state index is 0.0918. The van der Waals surface area contributed by atoms with E-state index in [1.54, 1.807) is 19.1 Å². The molecule has 0 saturated heterocycles. The largest absolute Gasteiger partial charge is 0.241 e. The highest BCUT2D eigenvalue weighted by molar-refractivity contribution is 7.89. The third kappa shape index (κ3) is 3.36. The molecule has 0 atom stereocenters. The molecule has 0 unspecified atom stereocenters. The van der Waals surface area contributed by atoms with Crippen molar-refractivity contribution in [3.63, 3.8) is 0 Å². The van der Waals surface area contributed by atoms with Crippen molar-refractivity contribution in [1.29, 1.82) is 0 Å². The first-order valence-electron chi connectivity index (χ1n) is 5.89. The first kappa shape index (κ1) is 15.0. The molecule has 20 heavy (non-hydrogen) atoms. The predicted molar refractivity (Wildman–Crippen MR) is 76.6 cm³/mol. The van der Waals surface area contributed by atoms with Crippen LogP contribution in [0.1, 0.15) is 11.1 Å². The van der Waals surface area contributed by atoms with E-state index in [1.807, 2.05) is 0 Å². The van der Waals surface area contributed by atoms with Crippen molar-refractivity contribution in [2.45, 2.75) is 18.4 Å². The summed E-state index contributed by atoms with van der Waals surface area (Å²) in [5.41, 5.74) is 1.18. The summed E-state index contributed by atoms with van der Waals surface area (Å²) in [6.07, 6.45) is 0.